The molecule has 2 aromatic rings. The molecule has 0 saturated carbocycles. The molecule has 2 rings (SSSR count). The van der Waals surface area contributed by atoms with Gasteiger partial charge in [0.1, 0.15) is 5.58 Å². The van der Waals surface area contributed by atoms with Crippen LogP contribution in [0.2, 0.25) is 0 Å². The maximum atomic E-state index is 11.2. The van der Waals surface area contributed by atoms with Crippen LogP contribution in [-0.2, 0) is 0 Å². The molecule has 0 amide bonds. The molecule has 0 N–H and O–H groups in total. The molecule has 0 atom stereocenters. The van der Waals surface area contributed by atoms with Crippen molar-refractivity contribution in [3.63, 3.8) is 0 Å². The Morgan fingerprint density at radius 3 is 2.86 bits per heavy atom. The molecular formula is C11H7NO2. The number of hydrogen-bond donors (Lipinski definition) is 0. The average molecular weight is 185 g/mol. The van der Waals surface area contributed by atoms with Crippen LogP contribution >= 0.6 is 0 Å². The standard InChI is InChI=1S/C11H7NO2/c1-7-4-9-5-8(6-12)2-3-10(9)14-11(7)13/h2-5H,1H3. The second kappa shape index (κ2) is 3.00. The highest BCUT2D eigenvalue weighted by molar-refractivity contribution is 5.78. The summed E-state index contributed by atoms with van der Waals surface area (Å²) in [7, 11) is 0. The van der Waals surface area contributed by atoms with Crippen molar-refractivity contribution in [3.8, 4) is 6.07 Å². The van der Waals surface area contributed by atoms with E-state index in [1.165, 1.54) is 0 Å². The van der Waals surface area contributed by atoms with Gasteiger partial charge in [0, 0.05) is 10.9 Å². The number of nitriles is 1. The van der Waals surface area contributed by atoms with Crippen LogP contribution in [0.5, 0.6) is 0 Å². The van der Waals surface area contributed by atoms with Crippen LogP contribution in [0.25, 0.3) is 11.0 Å². The van der Waals surface area contributed by atoms with E-state index >= 15 is 0 Å². The third-order valence-electron chi connectivity index (χ3n) is 2.04. The number of hydrogen-bond acceptors (Lipinski definition) is 3. The Hall–Kier alpha value is -2.08. The van der Waals surface area contributed by atoms with Crippen LogP contribution in [0.3, 0.4) is 0 Å². The highest BCUT2D eigenvalue weighted by atomic mass is 16.4. The van der Waals surface area contributed by atoms with Gasteiger partial charge in [-0.2, -0.15) is 5.26 Å². The van der Waals surface area contributed by atoms with Crippen molar-refractivity contribution < 1.29 is 4.42 Å². The van der Waals surface area contributed by atoms with E-state index in [1.807, 2.05) is 6.07 Å². The lowest BCUT2D eigenvalue weighted by atomic mass is 10.1. The van der Waals surface area contributed by atoms with Crippen molar-refractivity contribution in [1.82, 2.24) is 0 Å². The zero-order valence-electron chi connectivity index (χ0n) is 7.57. The van der Waals surface area contributed by atoms with E-state index in [1.54, 1.807) is 31.2 Å². The van der Waals surface area contributed by atoms with Gasteiger partial charge in [0.2, 0.25) is 0 Å². The monoisotopic (exact) mass is 185 g/mol. The fraction of sp³-hybridized carbons (Fsp3) is 0.0909. The van der Waals surface area contributed by atoms with Gasteiger partial charge in [-0.3, -0.25) is 0 Å². The summed E-state index contributed by atoms with van der Waals surface area (Å²) in [5.41, 5.74) is 1.29. The van der Waals surface area contributed by atoms with E-state index in [2.05, 4.69) is 0 Å². The van der Waals surface area contributed by atoms with Gasteiger partial charge in [0.25, 0.3) is 0 Å². The second-order valence-corrected chi connectivity index (χ2v) is 3.08. The highest BCUT2D eigenvalue weighted by Gasteiger charge is 2.01. The van der Waals surface area contributed by atoms with Gasteiger partial charge in [-0.15, -0.1) is 0 Å². The Kier molecular flexibility index (Phi) is 1.83. The van der Waals surface area contributed by atoms with Crippen molar-refractivity contribution in [2.45, 2.75) is 6.92 Å². The molecule has 0 aliphatic carbocycles. The van der Waals surface area contributed by atoms with Crippen LogP contribution < -0.4 is 5.63 Å². The summed E-state index contributed by atoms with van der Waals surface area (Å²) >= 11 is 0. The normalized spacial score (nSPS) is 10.0. The van der Waals surface area contributed by atoms with Crippen molar-refractivity contribution >= 4 is 11.0 Å². The summed E-state index contributed by atoms with van der Waals surface area (Å²) in [5, 5.41) is 9.46. The fourth-order valence-corrected chi connectivity index (χ4v) is 1.30. The van der Waals surface area contributed by atoms with E-state index in [0.29, 0.717) is 16.7 Å². The van der Waals surface area contributed by atoms with Crippen molar-refractivity contribution in [2.75, 3.05) is 0 Å². The van der Waals surface area contributed by atoms with E-state index in [0.717, 1.165) is 5.39 Å². The van der Waals surface area contributed by atoms with Gasteiger partial charge in [0.05, 0.1) is 11.6 Å². The van der Waals surface area contributed by atoms with E-state index in [9.17, 15) is 4.79 Å². The molecular weight excluding hydrogens is 178 g/mol. The molecule has 0 spiro atoms. The number of fused-ring (bicyclic) bond motifs is 1. The minimum absolute atomic E-state index is 0.331. The number of nitrogens with zero attached hydrogens (tertiary/aromatic N) is 1. The van der Waals surface area contributed by atoms with Crippen LogP contribution in [-0.4, -0.2) is 0 Å². The van der Waals surface area contributed by atoms with Gasteiger partial charge in [0.15, 0.2) is 0 Å². The summed E-state index contributed by atoms with van der Waals surface area (Å²) in [6, 6.07) is 8.72. The minimum Gasteiger partial charge on any atom is -0.423 e. The summed E-state index contributed by atoms with van der Waals surface area (Å²) in [4.78, 5) is 11.2. The quantitative estimate of drug-likeness (QED) is 0.589. The van der Waals surface area contributed by atoms with Crippen LogP contribution in [0.4, 0.5) is 0 Å². The van der Waals surface area contributed by atoms with Crippen molar-refractivity contribution in [3.05, 3.63) is 45.8 Å². The lowest BCUT2D eigenvalue weighted by molar-refractivity contribution is 0.555. The van der Waals surface area contributed by atoms with Crippen LogP contribution in [0.15, 0.2) is 33.5 Å². The molecule has 14 heavy (non-hydrogen) atoms. The topological polar surface area (TPSA) is 54.0 Å². The molecule has 0 unspecified atom stereocenters. The molecule has 1 heterocycles. The number of aryl methyl sites for hydroxylation is 1. The smallest absolute Gasteiger partial charge is 0.339 e. The van der Waals surface area contributed by atoms with E-state index < -0.39 is 0 Å². The molecule has 0 fully saturated rings. The summed E-state index contributed by atoms with van der Waals surface area (Å²) in [5.74, 6) is 0. The Labute approximate surface area is 80.2 Å². The molecule has 0 aliphatic heterocycles. The first-order valence-corrected chi connectivity index (χ1v) is 4.15. The van der Waals surface area contributed by atoms with Gasteiger partial charge in [-0.1, -0.05) is 0 Å². The maximum Gasteiger partial charge on any atom is 0.339 e. The molecule has 3 heteroatoms. The van der Waals surface area contributed by atoms with E-state index in [-0.39, 0.29) is 5.63 Å². The lowest BCUT2D eigenvalue weighted by Gasteiger charge is -1.97. The van der Waals surface area contributed by atoms with Crippen molar-refractivity contribution in [1.29, 1.82) is 5.26 Å². The third kappa shape index (κ3) is 1.27. The van der Waals surface area contributed by atoms with Gasteiger partial charge < -0.3 is 4.42 Å². The molecule has 1 aromatic carbocycles. The molecule has 3 nitrogen and oxygen atoms in total. The molecule has 0 aliphatic rings. The number of benzene rings is 1. The van der Waals surface area contributed by atoms with Crippen LogP contribution in [0, 0.1) is 18.3 Å². The molecule has 0 radical (unpaired) electrons. The first-order chi connectivity index (χ1) is 6.70. The highest BCUT2D eigenvalue weighted by Crippen LogP contribution is 2.14. The predicted octanol–water partition coefficient (Wildman–Crippen LogP) is 1.97. The largest absolute Gasteiger partial charge is 0.423 e. The SMILES string of the molecule is Cc1cc2cc(C#N)ccc2oc1=O. The summed E-state index contributed by atoms with van der Waals surface area (Å²) < 4.78 is 5.03. The Morgan fingerprint density at radius 2 is 2.14 bits per heavy atom. The molecule has 68 valence electrons. The summed E-state index contributed by atoms with van der Waals surface area (Å²) in [6.45, 7) is 1.68. The molecule has 1 aromatic heterocycles. The zero-order valence-corrected chi connectivity index (χ0v) is 7.57. The van der Waals surface area contributed by atoms with Gasteiger partial charge in [-0.05, 0) is 31.2 Å². The Bertz CT molecular complexity index is 590. The third-order valence-corrected chi connectivity index (χ3v) is 2.04. The summed E-state index contributed by atoms with van der Waals surface area (Å²) in [6.07, 6.45) is 0. The fourth-order valence-electron chi connectivity index (χ4n) is 1.30. The predicted molar refractivity (Wildman–Crippen MR) is 51.9 cm³/mol. The zero-order chi connectivity index (χ0) is 10.1. The van der Waals surface area contributed by atoms with Crippen molar-refractivity contribution in [2.24, 2.45) is 0 Å². The lowest BCUT2D eigenvalue weighted by Crippen LogP contribution is -2.01. The minimum atomic E-state index is -0.331. The molecule has 0 saturated heterocycles. The Morgan fingerprint density at radius 1 is 1.36 bits per heavy atom. The number of rotatable bonds is 0. The van der Waals surface area contributed by atoms with Crippen LogP contribution in [0.1, 0.15) is 11.1 Å². The van der Waals surface area contributed by atoms with Gasteiger partial charge in [-0.25, -0.2) is 4.79 Å². The average Bonchev–Trinajstić information content (AvgIpc) is 2.19. The second-order valence-electron chi connectivity index (χ2n) is 3.08. The van der Waals surface area contributed by atoms with Gasteiger partial charge >= 0.3 is 5.63 Å². The maximum absolute atomic E-state index is 11.2. The van der Waals surface area contributed by atoms with E-state index in [4.69, 9.17) is 9.68 Å². The Balaban J connectivity index is 2.85. The molecule has 0 bridgehead atoms. The first kappa shape index (κ1) is 8.52. The first-order valence-electron chi connectivity index (χ1n) is 4.15.